The van der Waals surface area contributed by atoms with Crippen molar-refractivity contribution in [1.82, 2.24) is 0 Å². The largest absolute Gasteiger partial charge is 0.464 e. The van der Waals surface area contributed by atoms with Crippen LogP contribution in [-0.2, 0) is 19.1 Å². The Bertz CT molecular complexity index is 374. The Morgan fingerprint density at radius 2 is 1.05 bits per heavy atom. The van der Waals surface area contributed by atoms with E-state index >= 15 is 0 Å². The molecule has 0 aromatic carbocycles. The highest BCUT2D eigenvalue weighted by Crippen LogP contribution is 2.19. The van der Waals surface area contributed by atoms with Crippen molar-refractivity contribution >= 4 is 11.9 Å². The van der Waals surface area contributed by atoms with Gasteiger partial charge in [0.05, 0.1) is 13.2 Å². The summed E-state index contributed by atoms with van der Waals surface area (Å²) in [6.45, 7) is 14.9. The quantitative estimate of drug-likeness (QED) is 0.508. The van der Waals surface area contributed by atoms with Crippen molar-refractivity contribution in [3.8, 4) is 0 Å². The highest BCUT2D eigenvalue weighted by molar-refractivity contribution is 5.81. The van der Waals surface area contributed by atoms with E-state index in [4.69, 9.17) is 9.47 Å². The summed E-state index contributed by atoms with van der Waals surface area (Å²) < 4.78 is 10.3. The van der Waals surface area contributed by atoms with Gasteiger partial charge < -0.3 is 9.47 Å². The van der Waals surface area contributed by atoms with Crippen molar-refractivity contribution in [3.05, 3.63) is 0 Å². The van der Waals surface area contributed by atoms with Gasteiger partial charge in [-0.3, -0.25) is 0 Å². The lowest BCUT2D eigenvalue weighted by molar-refractivity contribution is -0.152. The number of hydrogen-bond acceptors (Lipinski definition) is 6. The molecule has 0 radical (unpaired) electrons. The maximum atomic E-state index is 12.0. The van der Waals surface area contributed by atoms with Crippen LogP contribution in [0.1, 0.15) is 55.4 Å². The fourth-order valence-electron chi connectivity index (χ4n) is 1.17. The molecule has 0 saturated heterocycles. The first-order valence-electron chi connectivity index (χ1n) is 7.67. The lowest BCUT2D eigenvalue weighted by Gasteiger charge is -2.21. The van der Waals surface area contributed by atoms with Crippen molar-refractivity contribution in [2.24, 2.45) is 22.1 Å². The lowest BCUT2D eigenvalue weighted by Crippen LogP contribution is -2.36. The van der Waals surface area contributed by atoms with Gasteiger partial charge >= 0.3 is 11.9 Å². The normalized spacial score (nSPS) is 13.0. The van der Waals surface area contributed by atoms with Gasteiger partial charge in [-0.15, -0.1) is 0 Å². The molecule has 6 heteroatoms. The highest BCUT2D eigenvalue weighted by atomic mass is 16.5. The first-order valence-corrected chi connectivity index (χ1v) is 7.67. The van der Waals surface area contributed by atoms with Gasteiger partial charge in [0.1, 0.15) is 0 Å². The zero-order valence-corrected chi connectivity index (χ0v) is 15.1. The number of ether oxygens (including phenoxy) is 2. The maximum Gasteiger partial charge on any atom is 0.335 e. The second-order valence-corrected chi connectivity index (χ2v) is 7.30. The number of azo groups is 1. The summed E-state index contributed by atoms with van der Waals surface area (Å²) in [7, 11) is 0. The summed E-state index contributed by atoms with van der Waals surface area (Å²) >= 11 is 0. The molecule has 0 aliphatic heterocycles. The minimum Gasteiger partial charge on any atom is -0.464 e. The fraction of sp³-hybridized carbons (Fsp3) is 0.875. The topological polar surface area (TPSA) is 77.3 Å². The van der Waals surface area contributed by atoms with E-state index in [-0.39, 0.29) is 11.8 Å². The molecule has 0 aliphatic carbocycles. The van der Waals surface area contributed by atoms with E-state index in [9.17, 15) is 9.59 Å². The number of carbonyl (C=O) groups is 2. The summed E-state index contributed by atoms with van der Waals surface area (Å²) in [5.74, 6) is -0.425. The Balaban J connectivity index is 4.76. The maximum absolute atomic E-state index is 12.0. The third kappa shape index (κ3) is 7.52. The van der Waals surface area contributed by atoms with E-state index in [0.717, 1.165) is 0 Å². The molecule has 0 N–H and O–H groups in total. The predicted molar refractivity (Wildman–Crippen MR) is 84.6 cm³/mol. The number of esters is 2. The molecule has 0 unspecified atom stereocenters. The second-order valence-electron chi connectivity index (χ2n) is 7.30. The van der Waals surface area contributed by atoms with Crippen LogP contribution in [0.3, 0.4) is 0 Å². The average Bonchev–Trinajstić information content (AvgIpc) is 2.39. The van der Waals surface area contributed by atoms with Crippen molar-refractivity contribution in [1.29, 1.82) is 0 Å². The van der Waals surface area contributed by atoms with Crippen LogP contribution in [-0.4, -0.2) is 36.2 Å². The van der Waals surface area contributed by atoms with E-state index in [1.807, 2.05) is 27.7 Å². The van der Waals surface area contributed by atoms with Gasteiger partial charge in [0.25, 0.3) is 0 Å². The van der Waals surface area contributed by atoms with E-state index in [1.54, 1.807) is 27.7 Å². The zero-order valence-electron chi connectivity index (χ0n) is 15.1. The van der Waals surface area contributed by atoms with Gasteiger partial charge in [0.15, 0.2) is 11.1 Å². The van der Waals surface area contributed by atoms with Crippen LogP contribution in [0.4, 0.5) is 0 Å². The van der Waals surface area contributed by atoms with Gasteiger partial charge in [-0.25, -0.2) is 9.59 Å². The summed E-state index contributed by atoms with van der Waals surface area (Å²) in [6, 6.07) is 0. The van der Waals surface area contributed by atoms with E-state index in [0.29, 0.717) is 13.2 Å². The van der Waals surface area contributed by atoms with Crippen LogP contribution >= 0.6 is 0 Å². The lowest BCUT2D eigenvalue weighted by atomic mass is 10.1. The van der Waals surface area contributed by atoms with Crippen LogP contribution in [0.25, 0.3) is 0 Å². The standard InChI is InChI=1S/C16H30N2O4/c1-11(2)9-21-13(19)15(5,6)17-18-16(7,8)14(20)22-10-12(3)4/h11-12H,9-10H2,1-8H3. The van der Waals surface area contributed by atoms with Gasteiger partial charge in [-0.05, 0) is 39.5 Å². The highest BCUT2D eigenvalue weighted by Gasteiger charge is 2.34. The Morgan fingerprint density at radius 1 is 0.773 bits per heavy atom. The molecule has 0 fully saturated rings. The van der Waals surface area contributed by atoms with Gasteiger partial charge in [0.2, 0.25) is 0 Å². The smallest absolute Gasteiger partial charge is 0.335 e. The molecule has 0 aromatic heterocycles. The van der Waals surface area contributed by atoms with Crippen molar-refractivity contribution < 1.29 is 19.1 Å². The molecular formula is C16H30N2O4. The molecule has 0 spiro atoms. The van der Waals surface area contributed by atoms with E-state index < -0.39 is 23.0 Å². The molecule has 0 aromatic rings. The van der Waals surface area contributed by atoms with Crippen LogP contribution in [0.15, 0.2) is 10.2 Å². The summed E-state index contributed by atoms with van der Waals surface area (Å²) in [6.07, 6.45) is 0. The molecule has 0 atom stereocenters. The van der Waals surface area contributed by atoms with Crippen LogP contribution < -0.4 is 0 Å². The number of nitrogens with zero attached hydrogens (tertiary/aromatic N) is 2. The fourth-order valence-corrected chi connectivity index (χ4v) is 1.17. The Hall–Kier alpha value is -1.46. The Morgan fingerprint density at radius 3 is 1.27 bits per heavy atom. The zero-order chi connectivity index (χ0) is 17.6. The van der Waals surface area contributed by atoms with Gasteiger partial charge in [0, 0.05) is 0 Å². The van der Waals surface area contributed by atoms with Gasteiger partial charge in [-0.2, -0.15) is 10.2 Å². The minimum absolute atomic E-state index is 0.249. The molecule has 0 heterocycles. The van der Waals surface area contributed by atoms with Gasteiger partial charge in [-0.1, -0.05) is 27.7 Å². The molecule has 0 saturated carbocycles. The van der Waals surface area contributed by atoms with E-state index in [2.05, 4.69) is 10.2 Å². The summed E-state index contributed by atoms with van der Waals surface area (Å²) in [5.41, 5.74) is -2.27. The Kier molecular flexibility index (Phi) is 7.70. The monoisotopic (exact) mass is 314 g/mol. The minimum atomic E-state index is -1.13. The average molecular weight is 314 g/mol. The van der Waals surface area contributed by atoms with Crippen molar-refractivity contribution in [3.63, 3.8) is 0 Å². The molecule has 128 valence electrons. The molecule has 0 aliphatic rings. The van der Waals surface area contributed by atoms with Crippen molar-refractivity contribution in [2.45, 2.75) is 66.5 Å². The second kappa shape index (κ2) is 8.25. The first kappa shape index (κ1) is 20.5. The third-order valence-corrected chi connectivity index (χ3v) is 2.64. The van der Waals surface area contributed by atoms with Crippen LogP contribution in [0, 0.1) is 11.8 Å². The number of rotatable bonds is 8. The molecule has 0 amide bonds. The molecular weight excluding hydrogens is 284 g/mol. The van der Waals surface area contributed by atoms with E-state index in [1.165, 1.54) is 0 Å². The number of carbonyl (C=O) groups excluding carboxylic acids is 2. The molecule has 0 rings (SSSR count). The molecule has 0 bridgehead atoms. The molecule has 22 heavy (non-hydrogen) atoms. The SMILES string of the molecule is CC(C)COC(=O)C(C)(C)N=NC(C)(C)C(=O)OCC(C)C. The summed E-state index contributed by atoms with van der Waals surface area (Å²) in [5, 5.41) is 8.01. The predicted octanol–water partition coefficient (Wildman–Crippen LogP) is 3.39. The van der Waals surface area contributed by atoms with Crippen molar-refractivity contribution in [2.75, 3.05) is 13.2 Å². The number of hydrogen-bond donors (Lipinski definition) is 0. The summed E-state index contributed by atoms with van der Waals surface area (Å²) in [4.78, 5) is 24.0. The first-order chi connectivity index (χ1) is 9.88. The molecule has 6 nitrogen and oxygen atoms in total. The van der Waals surface area contributed by atoms with Crippen LogP contribution in [0.2, 0.25) is 0 Å². The third-order valence-electron chi connectivity index (χ3n) is 2.64. The Labute approximate surface area is 133 Å². The van der Waals surface area contributed by atoms with Crippen LogP contribution in [0.5, 0.6) is 0 Å².